The Labute approximate surface area is 162 Å². The summed E-state index contributed by atoms with van der Waals surface area (Å²) in [4.78, 5) is 9.02. The first-order chi connectivity index (χ1) is 13.7. The van der Waals surface area contributed by atoms with Crippen molar-refractivity contribution in [2.75, 3.05) is 17.2 Å². The molecule has 2 aromatic carbocycles. The number of nitrogens with one attached hydrogen (secondary N) is 2. The summed E-state index contributed by atoms with van der Waals surface area (Å²) in [5, 5.41) is 20.1. The average Bonchev–Trinajstić information content (AvgIpc) is 3.14. The van der Waals surface area contributed by atoms with Gasteiger partial charge in [-0.15, -0.1) is 0 Å². The van der Waals surface area contributed by atoms with Gasteiger partial charge in [0.25, 0.3) is 0 Å². The quantitative estimate of drug-likeness (QED) is 0.538. The number of aromatic nitrogens is 4. The van der Waals surface area contributed by atoms with Crippen molar-refractivity contribution < 1.29 is 0 Å². The van der Waals surface area contributed by atoms with Crippen LogP contribution in [-0.2, 0) is 6.42 Å². The van der Waals surface area contributed by atoms with E-state index in [1.54, 1.807) is 4.52 Å². The van der Waals surface area contributed by atoms with Crippen LogP contribution in [0.5, 0.6) is 0 Å². The van der Waals surface area contributed by atoms with E-state index in [0.717, 1.165) is 12.1 Å². The minimum Gasteiger partial charge on any atom is -0.354 e. The lowest BCUT2D eigenvalue weighted by atomic mass is 10.1. The van der Waals surface area contributed by atoms with Gasteiger partial charge >= 0.3 is 0 Å². The first kappa shape index (κ1) is 17.5. The summed E-state index contributed by atoms with van der Waals surface area (Å²) in [7, 11) is 0. The van der Waals surface area contributed by atoms with Crippen molar-refractivity contribution in [2.45, 2.75) is 13.3 Å². The Morgan fingerprint density at radius 3 is 2.57 bits per heavy atom. The SMILES string of the molecule is Cc1ccc(Nc2nc(NCCc3ccccc3)n3ncc(C#N)c3n2)cc1. The number of hydrogen-bond acceptors (Lipinski definition) is 6. The third kappa shape index (κ3) is 3.76. The highest BCUT2D eigenvalue weighted by Crippen LogP contribution is 2.19. The summed E-state index contributed by atoms with van der Waals surface area (Å²) in [5.74, 6) is 0.951. The molecule has 28 heavy (non-hydrogen) atoms. The third-order valence-corrected chi connectivity index (χ3v) is 4.34. The van der Waals surface area contributed by atoms with Crippen LogP contribution in [0, 0.1) is 18.3 Å². The van der Waals surface area contributed by atoms with Crippen LogP contribution in [0.25, 0.3) is 5.65 Å². The van der Waals surface area contributed by atoms with Gasteiger partial charge < -0.3 is 10.6 Å². The average molecular weight is 369 g/mol. The molecule has 0 bridgehead atoms. The second-order valence-corrected chi connectivity index (χ2v) is 6.43. The fraction of sp³-hybridized carbons (Fsp3) is 0.143. The fourth-order valence-electron chi connectivity index (χ4n) is 2.86. The molecular formula is C21H19N7. The van der Waals surface area contributed by atoms with Crippen LogP contribution in [0.3, 0.4) is 0 Å². The van der Waals surface area contributed by atoms with Crippen molar-refractivity contribution in [1.82, 2.24) is 19.6 Å². The molecule has 0 amide bonds. The zero-order chi connectivity index (χ0) is 19.3. The molecule has 0 spiro atoms. The molecule has 7 nitrogen and oxygen atoms in total. The molecule has 138 valence electrons. The summed E-state index contributed by atoms with van der Waals surface area (Å²) >= 11 is 0. The third-order valence-electron chi connectivity index (χ3n) is 4.34. The highest BCUT2D eigenvalue weighted by Gasteiger charge is 2.13. The second-order valence-electron chi connectivity index (χ2n) is 6.43. The summed E-state index contributed by atoms with van der Waals surface area (Å²) in [6.07, 6.45) is 2.35. The maximum Gasteiger partial charge on any atom is 0.232 e. The minimum absolute atomic E-state index is 0.403. The van der Waals surface area contributed by atoms with E-state index in [0.29, 0.717) is 29.7 Å². The largest absolute Gasteiger partial charge is 0.354 e. The van der Waals surface area contributed by atoms with Gasteiger partial charge in [0.2, 0.25) is 11.9 Å². The molecule has 0 aliphatic carbocycles. The Balaban J connectivity index is 1.61. The number of rotatable bonds is 6. The first-order valence-electron chi connectivity index (χ1n) is 9.00. The summed E-state index contributed by atoms with van der Waals surface area (Å²) in [6.45, 7) is 2.72. The van der Waals surface area contributed by atoms with Crippen molar-refractivity contribution in [2.24, 2.45) is 0 Å². The fourth-order valence-corrected chi connectivity index (χ4v) is 2.86. The number of nitriles is 1. The number of benzene rings is 2. The molecule has 4 aromatic rings. The number of hydrogen-bond donors (Lipinski definition) is 2. The van der Waals surface area contributed by atoms with E-state index in [2.05, 4.69) is 43.9 Å². The number of aryl methyl sites for hydroxylation is 1. The molecule has 0 saturated heterocycles. The van der Waals surface area contributed by atoms with Crippen LogP contribution in [0.1, 0.15) is 16.7 Å². The first-order valence-corrected chi connectivity index (χ1v) is 9.00. The Bertz CT molecular complexity index is 1130. The summed E-state index contributed by atoms with van der Waals surface area (Å²) in [6, 6.07) is 20.3. The molecule has 7 heteroatoms. The van der Waals surface area contributed by atoms with Crippen molar-refractivity contribution >= 4 is 23.2 Å². The number of nitrogens with zero attached hydrogens (tertiary/aromatic N) is 5. The molecule has 2 heterocycles. The molecule has 0 radical (unpaired) electrons. The van der Waals surface area contributed by atoms with Gasteiger partial charge in [0.1, 0.15) is 11.6 Å². The molecule has 2 N–H and O–H groups in total. The zero-order valence-electron chi connectivity index (χ0n) is 15.4. The van der Waals surface area contributed by atoms with Crippen LogP contribution in [0.15, 0.2) is 60.8 Å². The molecule has 0 unspecified atom stereocenters. The second kappa shape index (κ2) is 7.76. The maximum absolute atomic E-state index is 9.35. The highest BCUT2D eigenvalue weighted by molar-refractivity contribution is 5.62. The summed E-state index contributed by atoms with van der Waals surface area (Å²) < 4.78 is 1.56. The van der Waals surface area contributed by atoms with Crippen molar-refractivity contribution in [3.63, 3.8) is 0 Å². The van der Waals surface area contributed by atoms with Gasteiger partial charge in [0.05, 0.1) is 6.20 Å². The predicted octanol–water partition coefficient (Wildman–Crippen LogP) is 3.70. The normalized spacial score (nSPS) is 10.6. The Morgan fingerprint density at radius 2 is 1.82 bits per heavy atom. The van der Waals surface area contributed by atoms with Gasteiger partial charge in [0.15, 0.2) is 5.65 Å². The smallest absolute Gasteiger partial charge is 0.232 e. The molecule has 0 aliphatic heterocycles. The lowest BCUT2D eigenvalue weighted by molar-refractivity contribution is 0.876. The van der Waals surface area contributed by atoms with Gasteiger partial charge in [-0.1, -0.05) is 48.0 Å². The zero-order valence-corrected chi connectivity index (χ0v) is 15.4. The van der Waals surface area contributed by atoms with E-state index in [9.17, 15) is 5.26 Å². The van der Waals surface area contributed by atoms with Gasteiger partial charge in [-0.25, -0.2) is 0 Å². The van der Waals surface area contributed by atoms with E-state index in [4.69, 9.17) is 0 Å². The van der Waals surface area contributed by atoms with E-state index in [1.165, 1.54) is 17.3 Å². The van der Waals surface area contributed by atoms with Crippen LogP contribution >= 0.6 is 0 Å². The molecule has 4 rings (SSSR count). The molecule has 0 aliphatic rings. The minimum atomic E-state index is 0.403. The van der Waals surface area contributed by atoms with Gasteiger partial charge in [-0.05, 0) is 31.0 Å². The van der Waals surface area contributed by atoms with Crippen LogP contribution < -0.4 is 10.6 Å². The highest BCUT2D eigenvalue weighted by atomic mass is 15.4. The van der Waals surface area contributed by atoms with E-state index in [-0.39, 0.29) is 0 Å². The lowest BCUT2D eigenvalue weighted by Crippen LogP contribution is -2.13. The van der Waals surface area contributed by atoms with E-state index >= 15 is 0 Å². The summed E-state index contributed by atoms with van der Waals surface area (Å²) in [5.41, 5.74) is 4.15. The van der Waals surface area contributed by atoms with Crippen LogP contribution in [-0.4, -0.2) is 26.1 Å². The number of anilines is 3. The standard InChI is InChI=1S/C21H19N7/c1-15-7-9-18(10-8-15)25-20-26-19-17(13-22)14-24-28(19)21(27-20)23-12-11-16-5-3-2-4-6-16/h2-10,14H,11-12H2,1H3,(H2,23,25,26,27). The molecular weight excluding hydrogens is 350 g/mol. The molecule has 0 atom stereocenters. The van der Waals surface area contributed by atoms with Crippen LogP contribution in [0.2, 0.25) is 0 Å². The lowest BCUT2D eigenvalue weighted by Gasteiger charge is -2.11. The van der Waals surface area contributed by atoms with Gasteiger partial charge in [-0.2, -0.15) is 24.8 Å². The maximum atomic E-state index is 9.35. The Morgan fingerprint density at radius 1 is 1.04 bits per heavy atom. The molecule has 0 fully saturated rings. The van der Waals surface area contributed by atoms with Gasteiger partial charge in [0, 0.05) is 12.2 Å². The molecule has 0 saturated carbocycles. The van der Waals surface area contributed by atoms with Crippen molar-refractivity contribution in [1.29, 1.82) is 5.26 Å². The van der Waals surface area contributed by atoms with E-state index in [1.807, 2.05) is 49.4 Å². The Kier molecular flexibility index (Phi) is 4.85. The van der Waals surface area contributed by atoms with Crippen molar-refractivity contribution in [3.05, 3.63) is 77.5 Å². The van der Waals surface area contributed by atoms with Crippen LogP contribution in [0.4, 0.5) is 17.6 Å². The molecule has 2 aromatic heterocycles. The number of fused-ring (bicyclic) bond motifs is 1. The van der Waals surface area contributed by atoms with Crippen molar-refractivity contribution in [3.8, 4) is 6.07 Å². The topological polar surface area (TPSA) is 90.9 Å². The van der Waals surface area contributed by atoms with E-state index < -0.39 is 0 Å². The predicted molar refractivity (Wildman–Crippen MR) is 109 cm³/mol. The van der Waals surface area contributed by atoms with Gasteiger partial charge in [-0.3, -0.25) is 0 Å². The monoisotopic (exact) mass is 369 g/mol. The Hall–Kier alpha value is -3.92.